The Morgan fingerprint density at radius 1 is 1.03 bits per heavy atom. The number of fused-ring (bicyclic) bond motifs is 1. The molecule has 1 aliphatic rings. The van der Waals surface area contributed by atoms with Crippen molar-refractivity contribution >= 4 is 17.1 Å². The number of piperidine rings is 1. The van der Waals surface area contributed by atoms with E-state index in [2.05, 4.69) is 56.7 Å². The molecule has 1 fully saturated rings. The van der Waals surface area contributed by atoms with E-state index < -0.39 is 0 Å². The third kappa shape index (κ3) is 4.70. The molecule has 3 heterocycles. The predicted molar refractivity (Wildman–Crippen MR) is 133 cm³/mol. The zero-order valence-corrected chi connectivity index (χ0v) is 19.7. The van der Waals surface area contributed by atoms with Gasteiger partial charge < -0.3 is 5.32 Å². The van der Waals surface area contributed by atoms with E-state index in [-0.39, 0.29) is 5.91 Å². The van der Waals surface area contributed by atoms with Crippen LogP contribution in [0.15, 0.2) is 60.8 Å². The fraction of sp³-hybridized carbons (Fsp3) is 0.333. The van der Waals surface area contributed by atoms with Gasteiger partial charge in [0.15, 0.2) is 5.65 Å². The molecule has 1 N–H and O–H groups in total. The second kappa shape index (κ2) is 9.73. The first-order valence-corrected chi connectivity index (χ1v) is 11.9. The largest absolute Gasteiger partial charge is 0.352 e. The molecule has 7 heteroatoms. The number of likely N-dealkylation sites (tertiary alicyclic amines) is 1. The van der Waals surface area contributed by atoms with E-state index in [1.54, 1.807) is 10.9 Å². The lowest BCUT2D eigenvalue weighted by molar-refractivity contribution is 0.0934. The van der Waals surface area contributed by atoms with Gasteiger partial charge >= 0.3 is 0 Å². The molecule has 2 aromatic carbocycles. The van der Waals surface area contributed by atoms with E-state index in [0.29, 0.717) is 23.7 Å². The van der Waals surface area contributed by atoms with Crippen molar-refractivity contribution in [2.24, 2.45) is 5.92 Å². The molecule has 5 rings (SSSR count). The maximum Gasteiger partial charge on any atom is 0.251 e. The van der Waals surface area contributed by atoms with Crippen molar-refractivity contribution in [2.75, 3.05) is 19.6 Å². The Kier molecular flexibility index (Phi) is 6.36. The van der Waals surface area contributed by atoms with Crippen LogP contribution in [-0.2, 0) is 6.54 Å². The summed E-state index contributed by atoms with van der Waals surface area (Å²) in [6.07, 6.45) is 3.92. The highest BCUT2D eigenvalue weighted by Gasteiger charge is 2.21. The van der Waals surface area contributed by atoms with Crippen molar-refractivity contribution in [1.29, 1.82) is 0 Å². The van der Waals surface area contributed by atoms with Crippen LogP contribution in [0.5, 0.6) is 0 Å². The molecule has 0 radical (unpaired) electrons. The van der Waals surface area contributed by atoms with Crippen molar-refractivity contribution < 1.29 is 4.79 Å². The van der Waals surface area contributed by atoms with Crippen LogP contribution < -0.4 is 5.32 Å². The molecule has 7 nitrogen and oxygen atoms in total. The normalized spacial score (nSPS) is 15.0. The van der Waals surface area contributed by atoms with Crippen molar-refractivity contribution in [3.63, 3.8) is 0 Å². The Bertz CT molecular complexity index is 1290. The molecule has 0 unspecified atom stereocenters. The molecule has 2 aromatic heterocycles. The van der Waals surface area contributed by atoms with Gasteiger partial charge in [-0.2, -0.15) is 4.68 Å². The van der Waals surface area contributed by atoms with E-state index in [0.717, 1.165) is 49.2 Å². The molecule has 4 aromatic rings. The minimum Gasteiger partial charge on any atom is -0.352 e. The van der Waals surface area contributed by atoms with Crippen LogP contribution in [0.2, 0.25) is 0 Å². The van der Waals surface area contributed by atoms with Gasteiger partial charge in [-0.1, -0.05) is 41.1 Å². The number of carbonyl (C=O) groups excluding carboxylic acids is 1. The number of nitrogens with zero attached hydrogens (tertiary/aromatic N) is 5. The van der Waals surface area contributed by atoms with Gasteiger partial charge in [0.2, 0.25) is 0 Å². The van der Waals surface area contributed by atoms with Crippen molar-refractivity contribution in [2.45, 2.75) is 33.2 Å². The van der Waals surface area contributed by atoms with Gasteiger partial charge in [-0.3, -0.25) is 9.69 Å². The summed E-state index contributed by atoms with van der Waals surface area (Å²) in [5.74, 6) is 0.462. The van der Waals surface area contributed by atoms with E-state index in [4.69, 9.17) is 0 Å². The molecule has 1 saturated heterocycles. The Hall–Kier alpha value is -3.58. The zero-order valence-electron chi connectivity index (χ0n) is 19.7. The van der Waals surface area contributed by atoms with Gasteiger partial charge in [-0.05, 0) is 81.1 Å². The fourth-order valence-electron chi connectivity index (χ4n) is 4.66. The van der Waals surface area contributed by atoms with E-state index in [1.165, 1.54) is 11.1 Å². The first-order valence-electron chi connectivity index (χ1n) is 11.9. The number of rotatable bonds is 6. The Morgan fingerprint density at radius 2 is 1.82 bits per heavy atom. The van der Waals surface area contributed by atoms with Gasteiger partial charge in [-0.25, -0.2) is 4.98 Å². The van der Waals surface area contributed by atoms with Crippen LogP contribution in [0.25, 0.3) is 16.9 Å². The summed E-state index contributed by atoms with van der Waals surface area (Å²) in [5.41, 5.74) is 6.41. The highest BCUT2D eigenvalue weighted by atomic mass is 16.1. The highest BCUT2D eigenvalue weighted by Crippen LogP contribution is 2.22. The van der Waals surface area contributed by atoms with E-state index in [9.17, 15) is 4.79 Å². The van der Waals surface area contributed by atoms with Gasteiger partial charge in [0.25, 0.3) is 5.91 Å². The molecule has 174 valence electrons. The molecular weight excluding hydrogens is 424 g/mol. The second-order valence-corrected chi connectivity index (χ2v) is 9.21. The molecule has 0 aliphatic carbocycles. The summed E-state index contributed by atoms with van der Waals surface area (Å²) in [4.78, 5) is 20.0. The summed E-state index contributed by atoms with van der Waals surface area (Å²) >= 11 is 0. The number of hydrogen-bond donors (Lipinski definition) is 1. The quantitative estimate of drug-likeness (QED) is 0.475. The van der Waals surface area contributed by atoms with Crippen LogP contribution in [0.4, 0.5) is 0 Å². The minimum absolute atomic E-state index is 0.0428. The number of benzene rings is 2. The zero-order chi connectivity index (χ0) is 23.5. The van der Waals surface area contributed by atoms with E-state index in [1.807, 2.05) is 37.3 Å². The lowest BCUT2D eigenvalue weighted by Gasteiger charge is -2.32. The van der Waals surface area contributed by atoms with Crippen LogP contribution in [0.1, 0.15) is 39.9 Å². The molecule has 1 amide bonds. The van der Waals surface area contributed by atoms with E-state index >= 15 is 0 Å². The summed E-state index contributed by atoms with van der Waals surface area (Å²) in [6.45, 7) is 7.90. The Labute approximate surface area is 199 Å². The Balaban J connectivity index is 1.19. The topological polar surface area (TPSA) is 75.9 Å². The van der Waals surface area contributed by atoms with Gasteiger partial charge in [0.05, 0.1) is 5.69 Å². The Morgan fingerprint density at radius 3 is 2.62 bits per heavy atom. The lowest BCUT2D eigenvalue weighted by Crippen LogP contribution is -2.38. The van der Waals surface area contributed by atoms with Gasteiger partial charge in [0, 0.05) is 24.8 Å². The fourth-order valence-corrected chi connectivity index (χ4v) is 4.66. The molecule has 0 saturated carbocycles. The first kappa shape index (κ1) is 22.2. The van der Waals surface area contributed by atoms with Crippen molar-refractivity contribution in [3.05, 3.63) is 83.0 Å². The average molecular weight is 455 g/mol. The summed E-state index contributed by atoms with van der Waals surface area (Å²) in [7, 11) is 0. The number of pyridine rings is 1. The maximum absolute atomic E-state index is 13.0. The van der Waals surface area contributed by atoms with Crippen molar-refractivity contribution in [3.8, 4) is 5.69 Å². The van der Waals surface area contributed by atoms with Crippen LogP contribution in [-0.4, -0.2) is 50.4 Å². The number of hydrogen-bond acceptors (Lipinski definition) is 5. The summed E-state index contributed by atoms with van der Waals surface area (Å²) in [5, 5.41) is 11.6. The number of amides is 1. The smallest absolute Gasteiger partial charge is 0.251 e. The maximum atomic E-state index is 13.0. The molecular formula is C27H30N6O. The van der Waals surface area contributed by atoms with Crippen molar-refractivity contribution in [1.82, 2.24) is 30.2 Å². The minimum atomic E-state index is -0.0428. The molecule has 0 atom stereocenters. The lowest BCUT2D eigenvalue weighted by atomic mass is 9.96. The summed E-state index contributed by atoms with van der Waals surface area (Å²) < 4.78 is 1.70. The molecule has 1 aliphatic heterocycles. The number of aryl methyl sites for hydroxylation is 1. The van der Waals surface area contributed by atoms with Crippen LogP contribution in [0.3, 0.4) is 0 Å². The standard InChI is InChI=1S/C27H30N6O/c1-19-8-10-22(11-9-19)18-32-15-12-21(13-16-32)17-29-27(34)23-5-3-7-25(20(23)2)33-26-24(30-31-33)6-4-14-28-26/h3-11,14,21H,12-13,15-18H2,1-2H3,(H,29,34). The third-order valence-electron chi connectivity index (χ3n) is 6.77. The predicted octanol–water partition coefficient (Wildman–Crippen LogP) is 4.07. The molecule has 0 bridgehead atoms. The number of aromatic nitrogens is 4. The van der Waals surface area contributed by atoms with Crippen LogP contribution in [0, 0.1) is 19.8 Å². The summed E-state index contributed by atoms with van der Waals surface area (Å²) in [6, 6.07) is 18.2. The van der Waals surface area contributed by atoms with Crippen LogP contribution >= 0.6 is 0 Å². The highest BCUT2D eigenvalue weighted by molar-refractivity contribution is 5.96. The first-order chi connectivity index (χ1) is 16.6. The average Bonchev–Trinajstić information content (AvgIpc) is 3.29. The molecule has 0 spiro atoms. The number of carbonyl (C=O) groups is 1. The monoisotopic (exact) mass is 454 g/mol. The molecule has 34 heavy (non-hydrogen) atoms. The second-order valence-electron chi connectivity index (χ2n) is 9.21. The SMILES string of the molecule is Cc1ccc(CN2CCC(CNC(=O)c3cccc(-n4nnc5cccnc54)c3C)CC2)cc1. The van der Waals surface area contributed by atoms with Gasteiger partial charge in [-0.15, -0.1) is 5.10 Å². The third-order valence-corrected chi connectivity index (χ3v) is 6.77. The number of nitrogens with one attached hydrogen (secondary N) is 1. The van der Waals surface area contributed by atoms with Gasteiger partial charge in [0.1, 0.15) is 5.52 Å².